The molecule has 0 radical (unpaired) electrons. The van der Waals surface area contributed by atoms with Crippen molar-refractivity contribution in [3.63, 3.8) is 0 Å². The van der Waals surface area contributed by atoms with Crippen molar-refractivity contribution in [2.75, 3.05) is 31.6 Å². The fourth-order valence-electron chi connectivity index (χ4n) is 8.89. The van der Waals surface area contributed by atoms with Gasteiger partial charge in [-0.15, -0.1) is 0 Å². The number of aromatic nitrogens is 1. The fourth-order valence-corrected chi connectivity index (χ4v) is 9.38. The van der Waals surface area contributed by atoms with Crippen molar-refractivity contribution in [3.05, 3.63) is 36.0 Å². The lowest BCUT2D eigenvalue weighted by atomic mass is 9.97. The van der Waals surface area contributed by atoms with Gasteiger partial charge in [0.15, 0.2) is 17.9 Å². The number of aliphatic imine (C=N–C) groups is 3. The first-order valence-corrected chi connectivity index (χ1v) is 30.3. The molecule has 10 atom stereocenters. The Kier molecular flexibility index (Phi) is 33.1. The van der Waals surface area contributed by atoms with Crippen molar-refractivity contribution in [3.8, 4) is 0 Å². The molecule has 0 unspecified atom stereocenters. The molecule has 31 nitrogen and oxygen atoms in total. The van der Waals surface area contributed by atoms with E-state index in [9.17, 15) is 53.1 Å². The lowest BCUT2D eigenvalue weighted by Gasteiger charge is -2.30. The van der Waals surface area contributed by atoms with Crippen molar-refractivity contribution in [1.29, 1.82) is 0 Å². The van der Waals surface area contributed by atoms with Gasteiger partial charge >= 0.3 is 5.97 Å². The number of amides is 9. The predicted octanol–water partition coefficient (Wildman–Crippen LogP) is -3.46. The summed E-state index contributed by atoms with van der Waals surface area (Å²) in [4.78, 5) is 153. The van der Waals surface area contributed by atoms with Gasteiger partial charge in [-0.05, 0) is 92.8 Å². The molecule has 1 aromatic carbocycles. The summed E-state index contributed by atoms with van der Waals surface area (Å²) in [6.45, 7) is 10.3. The Hall–Kier alpha value is -8.42. The number of carboxylic acid groups (broad SMARTS) is 1. The number of aromatic amines is 1. The second-order valence-corrected chi connectivity index (χ2v) is 22.9. The van der Waals surface area contributed by atoms with Gasteiger partial charge in [-0.1, -0.05) is 66.2 Å². The van der Waals surface area contributed by atoms with E-state index in [0.29, 0.717) is 24.2 Å². The number of carboxylic acids is 1. The minimum atomic E-state index is -1.66. The number of nitrogens with two attached hydrogens (primary N) is 8. The average Bonchev–Trinajstić information content (AvgIpc) is 2.44. The van der Waals surface area contributed by atoms with Gasteiger partial charge in [0, 0.05) is 43.2 Å². The molecule has 32 heteroatoms. The number of guanidine groups is 3. The highest BCUT2D eigenvalue weighted by Gasteiger charge is 2.37. The first-order valence-electron chi connectivity index (χ1n) is 28.9. The summed E-state index contributed by atoms with van der Waals surface area (Å²) in [5.41, 5.74) is 46.2. The summed E-state index contributed by atoms with van der Waals surface area (Å²) in [5.74, 6) is -10.7. The maximum Gasteiger partial charge on any atom is 0.326 e. The summed E-state index contributed by atoms with van der Waals surface area (Å²) in [5, 5.41) is 32.0. The van der Waals surface area contributed by atoms with E-state index in [1.165, 1.54) is 11.8 Å². The normalized spacial score (nSPS) is 14.6. The van der Waals surface area contributed by atoms with Gasteiger partial charge in [-0.3, -0.25) is 58.1 Å². The lowest BCUT2D eigenvalue weighted by molar-refractivity contribution is -0.142. The molecule has 0 aliphatic rings. The van der Waals surface area contributed by atoms with Crippen molar-refractivity contribution < 1.29 is 53.1 Å². The molecule has 0 saturated carbocycles. The third-order valence-corrected chi connectivity index (χ3v) is 14.5. The Balaban J connectivity index is 2.52. The Morgan fingerprint density at radius 1 is 0.552 bits per heavy atom. The summed E-state index contributed by atoms with van der Waals surface area (Å²) >= 11 is 1.48. The van der Waals surface area contributed by atoms with Crippen LogP contribution in [0, 0.1) is 17.8 Å². The van der Waals surface area contributed by atoms with Gasteiger partial charge < -0.3 is 98.5 Å². The second kappa shape index (κ2) is 38.6. The molecule has 2 aromatic rings. The van der Waals surface area contributed by atoms with Crippen LogP contribution in [-0.2, 0) is 54.4 Å². The lowest BCUT2D eigenvalue weighted by Crippen LogP contribution is -2.61. The number of primary amides is 1. The first kappa shape index (κ1) is 74.7. The number of para-hydroxylation sites is 1. The van der Waals surface area contributed by atoms with E-state index in [2.05, 4.69) is 62.5 Å². The van der Waals surface area contributed by atoms with Gasteiger partial charge in [0.2, 0.25) is 53.2 Å². The van der Waals surface area contributed by atoms with E-state index in [1.807, 2.05) is 18.4 Å². The van der Waals surface area contributed by atoms with E-state index in [0.717, 1.165) is 10.9 Å². The zero-order valence-corrected chi connectivity index (χ0v) is 51.6. The second-order valence-electron chi connectivity index (χ2n) is 21.9. The van der Waals surface area contributed by atoms with Gasteiger partial charge in [0.25, 0.3) is 0 Å². The predicted molar refractivity (Wildman–Crippen MR) is 333 cm³/mol. The molecule has 1 aromatic heterocycles. The Morgan fingerprint density at radius 2 is 0.977 bits per heavy atom. The van der Waals surface area contributed by atoms with Crippen molar-refractivity contribution in [1.82, 2.24) is 47.5 Å². The molecule has 9 amide bonds. The van der Waals surface area contributed by atoms with E-state index in [1.54, 1.807) is 59.9 Å². The van der Waals surface area contributed by atoms with Crippen LogP contribution in [0.15, 0.2) is 45.4 Å². The maximum atomic E-state index is 14.5. The van der Waals surface area contributed by atoms with Crippen LogP contribution in [0.2, 0.25) is 0 Å². The molecule has 0 saturated heterocycles. The van der Waals surface area contributed by atoms with Crippen LogP contribution < -0.4 is 88.4 Å². The summed E-state index contributed by atoms with van der Waals surface area (Å²) in [6, 6.07) is -5.02. The largest absolute Gasteiger partial charge is 0.480 e. The molecular weight excluding hydrogens is 1150 g/mol. The number of hydrogen-bond acceptors (Lipinski definition) is 15. The number of nitrogens with one attached hydrogen (secondary N) is 9. The minimum Gasteiger partial charge on any atom is -0.480 e. The van der Waals surface area contributed by atoms with E-state index in [-0.39, 0.29) is 94.8 Å². The molecular formula is C55H94N20O11S. The van der Waals surface area contributed by atoms with Gasteiger partial charge in [0.05, 0.1) is 12.5 Å². The first-order chi connectivity index (χ1) is 41.0. The molecule has 0 bridgehead atoms. The van der Waals surface area contributed by atoms with Crippen LogP contribution in [-0.4, -0.2) is 173 Å². The van der Waals surface area contributed by atoms with E-state index in [4.69, 9.17) is 45.9 Å². The van der Waals surface area contributed by atoms with Crippen LogP contribution in [0.1, 0.15) is 111 Å². The molecule has 0 aliphatic carbocycles. The quantitative estimate of drug-likeness (QED) is 0.0175. The number of carbonyl (C=O) groups excluding carboxylic acids is 9. The SMILES string of the molecule is CC[C@H](C)[C@H](NC(=O)[C@@H](N)CCSC)C(=O)N[C@@H](CC(N)=O)C(=O)N[C@@H](CCCN=C(N)N)C(=O)N[C@H](C(=O)N[C@@H](CCCN=C(N)N)C(=O)N[C@@H](CC(C)C)C(=O)N[C@@H](CCCN=C(N)N)C(=O)N[C@@H](Cc1c[nH]c2ccccc12)C(=O)O)C(C)C. The molecule has 1 heterocycles. The molecule has 26 N–H and O–H groups in total. The Morgan fingerprint density at radius 3 is 1.44 bits per heavy atom. The zero-order valence-electron chi connectivity index (χ0n) is 50.8. The summed E-state index contributed by atoms with van der Waals surface area (Å²) in [7, 11) is 0. The topological polar surface area (TPSA) is 548 Å². The van der Waals surface area contributed by atoms with Crippen molar-refractivity contribution in [2.45, 2.75) is 167 Å². The van der Waals surface area contributed by atoms with E-state index < -0.39 is 132 Å². The summed E-state index contributed by atoms with van der Waals surface area (Å²) in [6.07, 6.45) is 3.41. The Labute approximate surface area is 511 Å². The summed E-state index contributed by atoms with van der Waals surface area (Å²) < 4.78 is 0. The number of rotatable bonds is 41. The standard InChI is InChI=1S/C55H94N20O11S/c1-8-30(6)43(75-44(77)33(56)19-23-87-7)51(84)72-39(26-41(57)76)49(82)69-37(18-13-22-66-55(62)63)47(80)74-42(29(4)5)50(83)70-36(17-12-21-65-54(60)61)45(78)71-38(24-28(2)3)48(81)68-35(16-11-20-64-53(58)59)46(79)73-40(52(85)86)25-31-27-67-34-15-10-9-14-32(31)34/h9-10,14-15,27-30,33,35-40,42-43,67H,8,11-13,16-26,56H2,1-7H3,(H2,57,76)(H,68,81)(H,69,82)(H,70,83)(H,71,78)(H,72,84)(H,73,79)(H,74,80)(H,75,77)(H,85,86)(H4,58,59,64)(H4,60,61,65)(H4,62,63,66)/t30-,33-,35-,36-,37-,38-,39-,40-,42-,43-/m0/s1. The smallest absolute Gasteiger partial charge is 0.326 e. The average molecular weight is 1240 g/mol. The van der Waals surface area contributed by atoms with Crippen LogP contribution in [0.3, 0.4) is 0 Å². The maximum absolute atomic E-state index is 14.5. The number of carbonyl (C=O) groups is 10. The number of aliphatic carboxylic acids is 1. The van der Waals surface area contributed by atoms with Gasteiger partial charge in [-0.25, -0.2) is 4.79 Å². The third kappa shape index (κ3) is 27.7. The molecule has 0 spiro atoms. The fraction of sp³-hybridized carbons (Fsp3) is 0.618. The number of thioether (sulfide) groups is 1. The van der Waals surface area contributed by atoms with E-state index >= 15 is 0 Å². The minimum absolute atomic E-state index is 0.00833. The van der Waals surface area contributed by atoms with Crippen LogP contribution in [0.25, 0.3) is 10.9 Å². The molecule has 0 aliphatic heterocycles. The number of H-pyrrole nitrogens is 1. The number of benzene rings is 1. The monoisotopic (exact) mass is 1240 g/mol. The number of hydrogen-bond donors (Lipinski definition) is 18. The van der Waals surface area contributed by atoms with Gasteiger partial charge in [-0.2, -0.15) is 11.8 Å². The molecule has 486 valence electrons. The molecule has 87 heavy (non-hydrogen) atoms. The van der Waals surface area contributed by atoms with Gasteiger partial charge in [0.1, 0.15) is 48.3 Å². The number of fused-ring (bicyclic) bond motifs is 1. The van der Waals surface area contributed by atoms with Crippen LogP contribution in [0.5, 0.6) is 0 Å². The van der Waals surface area contributed by atoms with Crippen molar-refractivity contribution in [2.24, 2.45) is 78.6 Å². The number of nitrogens with zero attached hydrogens (tertiary/aromatic N) is 3. The third-order valence-electron chi connectivity index (χ3n) is 13.8. The van der Waals surface area contributed by atoms with Crippen LogP contribution >= 0.6 is 11.8 Å². The highest BCUT2D eigenvalue weighted by Crippen LogP contribution is 2.20. The molecule has 2 rings (SSSR count). The molecule has 0 fully saturated rings. The van der Waals surface area contributed by atoms with Crippen LogP contribution in [0.4, 0.5) is 0 Å². The van der Waals surface area contributed by atoms with Crippen molar-refractivity contribution >= 4 is 99.7 Å². The highest BCUT2D eigenvalue weighted by molar-refractivity contribution is 7.98. The Bertz CT molecular complexity index is 2710. The zero-order chi connectivity index (χ0) is 65.5. The highest BCUT2D eigenvalue weighted by atomic mass is 32.2.